The van der Waals surface area contributed by atoms with E-state index >= 15 is 0 Å². The zero-order valence-electron chi connectivity index (χ0n) is 13.2. The summed E-state index contributed by atoms with van der Waals surface area (Å²) in [5, 5.41) is 6.71. The Kier molecular flexibility index (Phi) is 3.97. The van der Waals surface area contributed by atoms with Crippen molar-refractivity contribution >= 4 is 11.6 Å². The number of oxime groups is 1. The highest BCUT2D eigenvalue weighted by Crippen LogP contribution is 2.32. The molecule has 0 saturated heterocycles. The van der Waals surface area contributed by atoms with Gasteiger partial charge in [0.05, 0.1) is 5.71 Å². The van der Waals surface area contributed by atoms with E-state index in [0.29, 0.717) is 35.7 Å². The second-order valence-electron chi connectivity index (χ2n) is 5.75. The molecule has 2 heterocycles. The fraction of sp³-hybridized carbons (Fsp3) is 0.222. The number of halogens is 1. The molecule has 6 nitrogen and oxygen atoms in total. The maximum absolute atomic E-state index is 13.3. The maximum Gasteiger partial charge on any atom is 0.264 e. The summed E-state index contributed by atoms with van der Waals surface area (Å²) < 4.78 is 23.8. The van der Waals surface area contributed by atoms with Crippen LogP contribution in [-0.4, -0.2) is 24.5 Å². The lowest BCUT2D eigenvalue weighted by Gasteiger charge is -2.10. The first kappa shape index (κ1) is 15.4. The van der Waals surface area contributed by atoms with E-state index in [1.807, 2.05) is 12.1 Å². The molecule has 0 unspecified atom stereocenters. The normalized spacial score (nSPS) is 17.8. The van der Waals surface area contributed by atoms with Crippen molar-refractivity contribution in [3.05, 3.63) is 59.4 Å². The number of nitrogens with zero attached hydrogens (tertiary/aromatic N) is 1. The average Bonchev–Trinajstić information content (AvgIpc) is 3.28. The van der Waals surface area contributed by atoms with E-state index < -0.39 is 6.10 Å². The fourth-order valence-corrected chi connectivity index (χ4v) is 2.71. The van der Waals surface area contributed by atoms with Gasteiger partial charge in [0, 0.05) is 18.5 Å². The molecule has 1 N–H and O–H groups in total. The first-order valence-electron chi connectivity index (χ1n) is 7.84. The number of carbonyl (C=O) groups is 1. The van der Waals surface area contributed by atoms with Crippen molar-refractivity contribution in [2.45, 2.75) is 19.1 Å². The number of amides is 1. The molecule has 2 aromatic rings. The Morgan fingerprint density at radius 2 is 2.08 bits per heavy atom. The van der Waals surface area contributed by atoms with Crippen molar-refractivity contribution < 1.29 is 23.5 Å². The standard InChI is InChI=1S/C18H15FN2O4/c19-13-3-1-2-12(7-13)14-8-17(25-21-14)18(22)20-9-11-4-5-15-16(6-11)24-10-23-15/h1-7,17H,8-10H2,(H,20,22)/t17-/m1/s1. The minimum atomic E-state index is -0.715. The van der Waals surface area contributed by atoms with Crippen LogP contribution in [0, 0.1) is 5.82 Å². The van der Waals surface area contributed by atoms with Crippen molar-refractivity contribution in [2.75, 3.05) is 6.79 Å². The maximum atomic E-state index is 13.3. The lowest BCUT2D eigenvalue weighted by Crippen LogP contribution is -2.34. The van der Waals surface area contributed by atoms with Crippen molar-refractivity contribution in [1.29, 1.82) is 0 Å². The number of nitrogens with one attached hydrogen (secondary N) is 1. The van der Waals surface area contributed by atoms with Crippen LogP contribution in [0.25, 0.3) is 0 Å². The van der Waals surface area contributed by atoms with Crippen molar-refractivity contribution in [1.82, 2.24) is 5.32 Å². The molecular formula is C18H15FN2O4. The van der Waals surface area contributed by atoms with Crippen LogP contribution in [0.2, 0.25) is 0 Å². The van der Waals surface area contributed by atoms with Crippen LogP contribution in [-0.2, 0) is 16.2 Å². The summed E-state index contributed by atoms with van der Waals surface area (Å²) in [6.45, 7) is 0.548. The molecule has 128 valence electrons. The number of ether oxygens (including phenoxy) is 2. The fourth-order valence-electron chi connectivity index (χ4n) is 2.71. The Labute approximate surface area is 143 Å². The molecule has 25 heavy (non-hydrogen) atoms. The largest absolute Gasteiger partial charge is 0.454 e. The van der Waals surface area contributed by atoms with Crippen LogP contribution in [0.5, 0.6) is 11.5 Å². The molecule has 0 aromatic heterocycles. The van der Waals surface area contributed by atoms with Crippen LogP contribution >= 0.6 is 0 Å². The van der Waals surface area contributed by atoms with E-state index in [1.165, 1.54) is 12.1 Å². The highest BCUT2D eigenvalue weighted by molar-refractivity contribution is 6.04. The highest BCUT2D eigenvalue weighted by atomic mass is 19.1. The third-order valence-corrected chi connectivity index (χ3v) is 4.02. The Hall–Kier alpha value is -3.09. The SMILES string of the molecule is O=C(NCc1ccc2c(c1)OCO2)[C@H]1CC(c2cccc(F)c2)=NO1. The average molecular weight is 342 g/mol. The first-order valence-corrected chi connectivity index (χ1v) is 7.84. The summed E-state index contributed by atoms with van der Waals surface area (Å²) in [5.41, 5.74) is 2.07. The minimum Gasteiger partial charge on any atom is -0.454 e. The summed E-state index contributed by atoms with van der Waals surface area (Å²) in [6, 6.07) is 11.6. The number of fused-ring (bicyclic) bond motifs is 1. The molecule has 2 aliphatic heterocycles. The number of benzene rings is 2. The molecule has 4 rings (SSSR count). The lowest BCUT2D eigenvalue weighted by atomic mass is 10.0. The van der Waals surface area contributed by atoms with E-state index in [9.17, 15) is 9.18 Å². The zero-order valence-corrected chi connectivity index (χ0v) is 13.2. The molecule has 0 aliphatic carbocycles. The van der Waals surface area contributed by atoms with Gasteiger partial charge in [-0.1, -0.05) is 23.4 Å². The lowest BCUT2D eigenvalue weighted by molar-refractivity contribution is -0.131. The van der Waals surface area contributed by atoms with Gasteiger partial charge in [-0.2, -0.15) is 0 Å². The second-order valence-corrected chi connectivity index (χ2v) is 5.75. The van der Waals surface area contributed by atoms with Crippen molar-refractivity contribution in [2.24, 2.45) is 5.16 Å². The van der Waals surface area contributed by atoms with Gasteiger partial charge in [0.15, 0.2) is 11.5 Å². The smallest absolute Gasteiger partial charge is 0.264 e. The second kappa shape index (κ2) is 6.43. The van der Waals surface area contributed by atoms with E-state index in [1.54, 1.807) is 18.2 Å². The molecule has 2 aromatic carbocycles. The van der Waals surface area contributed by atoms with Gasteiger partial charge in [-0.05, 0) is 29.8 Å². The molecule has 0 bridgehead atoms. The first-order chi connectivity index (χ1) is 12.2. The van der Waals surface area contributed by atoms with Crippen LogP contribution in [0.4, 0.5) is 4.39 Å². The third-order valence-electron chi connectivity index (χ3n) is 4.02. The Morgan fingerprint density at radius 3 is 2.96 bits per heavy atom. The van der Waals surface area contributed by atoms with E-state index in [-0.39, 0.29) is 18.5 Å². The molecule has 0 saturated carbocycles. The molecule has 0 spiro atoms. The summed E-state index contributed by atoms with van der Waals surface area (Å²) in [5.74, 6) is 0.742. The molecule has 0 fully saturated rings. The van der Waals surface area contributed by atoms with E-state index in [2.05, 4.69) is 10.5 Å². The van der Waals surface area contributed by atoms with Crippen molar-refractivity contribution in [3.63, 3.8) is 0 Å². The van der Waals surface area contributed by atoms with Gasteiger partial charge in [0.25, 0.3) is 5.91 Å². The quantitative estimate of drug-likeness (QED) is 0.926. The van der Waals surface area contributed by atoms with E-state index in [4.69, 9.17) is 14.3 Å². The topological polar surface area (TPSA) is 69.2 Å². The van der Waals surface area contributed by atoms with Gasteiger partial charge >= 0.3 is 0 Å². The number of hydrogen-bond acceptors (Lipinski definition) is 5. The summed E-state index contributed by atoms with van der Waals surface area (Å²) in [4.78, 5) is 17.4. The number of rotatable bonds is 4. The van der Waals surface area contributed by atoms with Gasteiger partial charge in [0.1, 0.15) is 5.82 Å². The summed E-state index contributed by atoms with van der Waals surface area (Å²) >= 11 is 0. The van der Waals surface area contributed by atoms with Gasteiger partial charge in [-0.3, -0.25) is 4.79 Å². The minimum absolute atomic E-state index is 0.210. The predicted octanol–water partition coefficient (Wildman–Crippen LogP) is 2.36. The molecular weight excluding hydrogens is 327 g/mol. The van der Waals surface area contributed by atoms with Crippen LogP contribution in [0.3, 0.4) is 0 Å². The Balaban J connectivity index is 1.34. The predicted molar refractivity (Wildman–Crippen MR) is 86.8 cm³/mol. The monoisotopic (exact) mass is 342 g/mol. The number of carbonyl (C=O) groups excluding carboxylic acids is 1. The zero-order chi connectivity index (χ0) is 17.2. The highest BCUT2D eigenvalue weighted by Gasteiger charge is 2.28. The molecule has 1 atom stereocenters. The van der Waals surface area contributed by atoms with Crippen LogP contribution < -0.4 is 14.8 Å². The Morgan fingerprint density at radius 1 is 1.20 bits per heavy atom. The summed E-state index contributed by atoms with van der Waals surface area (Å²) in [6.07, 6.45) is -0.413. The van der Waals surface area contributed by atoms with Gasteiger partial charge in [-0.15, -0.1) is 0 Å². The summed E-state index contributed by atoms with van der Waals surface area (Å²) in [7, 11) is 0. The molecule has 7 heteroatoms. The molecule has 2 aliphatic rings. The third kappa shape index (κ3) is 3.26. The van der Waals surface area contributed by atoms with Crippen LogP contribution in [0.1, 0.15) is 17.5 Å². The van der Waals surface area contributed by atoms with Gasteiger partial charge in [-0.25, -0.2) is 4.39 Å². The van der Waals surface area contributed by atoms with Gasteiger partial charge < -0.3 is 19.6 Å². The van der Waals surface area contributed by atoms with E-state index in [0.717, 1.165) is 5.56 Å². The Bertz CT molecular complexity index is 853. The molecule has 1 amide bonds. The van der Waals surface area contributed by atoms with Crippen molar-refractivity contribution in [3.8, 4) is 11.5 Å². The molecule has 0 radical (unpaired) electrons. The van der Waals surface area contributed by atoms with Crippen LogP contribution in [0.15, 0.2) is 47.6 Å². The number of hydrogen-bond donors (Lipinski definition) is 1. The van der Waals surface area contributed by atoms with Gasteiger partial charge in [0.2, 0.25) is 12.9 Å².